The molecule has 1 aromatic heterocycles. The molecule has 0 aliphatic carbocycles. The number of tetrazole rings is 1. The lowest BCUT2D eigenvalue weighted by Gasteiger charge is -2.06. The molecule has 3 aromatic rings. The van der Waals surface area contributed by atoms with Crippen LogP contribution in [0.3, 0.4) is 0 Å². The third-order valence-electron chi connectivity index (χ3n) is 2.92. The molecule has 0 saturated carbocycles. The Hall–Kier alpha value is -3.66. The van der Waals surface area contributed by atoms with Gasteiger partial charge in [0.05, 0.1) is 0 Å². The molecule has 112 valence electrons. The first kappa shape index (κ1) is 14.3. The number of ether oxygens (including phenoxy) is 1. The van der Waals surface area contributed by atoms with Crippen LogP contribution in [0.4, 0.5) is 5.69 Å². The van der Waals surface area contributed by atoms with E-state index < -0.39 is 0 Å². The molecule has 0 radical (unpaired) electrons. The van der Waals surface area contributed by atoms with E-state index >= 15 is 0 Å². The van der Waals surface area contributed by atoms with Gasteiger partial charge in [-0.1, -0.05) is 18.2 Å². The molecular formula is C16H12N6O. The zero-order chi connectivity index (χ0) is 15.9. The number of H-pyrrole nitrogens is 1. The summed E-state index contributed by atoms with van der Waals surface area (Å²) < 4.78 is 5.71. The van der Waals surface area contributed by atoms with E-state index in [0.717, 1.165) is 17.2 Å². The minimum absolute atomic E-state index is 0.240. The number of allylic oxidation sites excluding steroid dienone is 1. The zero-order valence-electron chi connectivity index (χ0n) is 12.0. The highest BCUT2D eigenvalue weighted by atomic mass is 16.5. The number of nitrogens with zero attached hydrogens (tertiary/aromatic N) is 4. The van der Waals surface area contributed by atoms with E-state index in [2.05, 4.69) is 25.9 Å². The molecule has 0 fully saturated rings. The lowest BCUT2D eigenvalue weighted by molar-refractivity contribution is 0.483. The van der Waals surface area contributed by atoms with Crippen molar-refractivity contribution < 1.29 is 4.74 Å². The molecular weight excluding hydrogens is 292 g/mol. The fraction of sp³-hybridized carbons (Fsp3) is 0. The van der Waals surface area contributed by atoms with E-state index in [-0.39, 0.29) is 11.4 Å². The quantitative estimate of drug-likeness (QED) is 0.703. The van der Waals surface area contributed by atoms with Gasteiger partial charge in [0, 0.05) is 11.9 Å². The molecule has 0 unspecified atom stereocenters. The van der Waals surface area contributed by atoms with Crippen LogP contribution in [0.25, 0.3) is 5.57 Å². The summed E-state index contributed by atoms with van der Waals surface area (Å²) in [7, 11) is 0. The normalized spacial score (nSPS) is 10.8. The summed E-state index contributed by atoms with van der Waals surface area (Å²) >= 11 is 0. The summed E-state index contributed by atoms with van der Waals surface area (Å²) in [6.45, 7) is 0. The second-order valence-electron chi connectivity index (χ2n) is 4.49. The Bertz CT molecular complexity index is 819. The number of anilines is 1. The molecule has 0 bridgehead atoms. The van der Waals surface area contributed by atoms with E-state index in [1.807, 2.05) is 60.7 Å². The second kappa shape index (κ2) is 6.87. The molecule has 3 rings (SSSR count). The predicted octanol–water partition coefficient (Wildman–Crippen LogP) is 2.97. The largest absolute Gasteiger partial charge is 0.457 e. The maximum Gasteiger partial charge on any atom is 0.216 e. The van der Waals surface area contributed by atoms with Gasteiger partial charge in [-0.3, -0.25) is 0 Å². The lowest BCUT2D eigenvalue weighted by Crippen LogP contribution is -1.93. The molecule has 0 saturated heterocycles. The zero-order valence-corrected chi connectivity index (χ0v) is 12.0. The van der Waals surface area contributed by atoms with Gasteiger partial charge in [0.25, 0.3) is 0 Å². The van der Waals surface area contributed by atoms with Gasteiger partial charge in [0.15, 0.2) is 0 Å². The summed E-state index contributed by atoms with van der Waals surface area (Å²) in [4.78, 5) is 0. The van der Waals surface area contributed by atoms with Crippen LogP contribution in [-0.2, 0) is 0 Å². The first-order chi connectivity index (χ1) is 11.3. The summed E-state index contributed by atoms with van der Waals surface area (Å²) in [6, 6.07) is 18.9. The fourth-order valence-corrected chi connectivity index (χ4v) is 1.82. The van der Waals surface area contributed by atoms with Gasteiger partial charge >= 0.3 is 0 Å². The van der Waals surface area contributed by atoms with Gasteiger partial charge in [-0.15, -0.1) is 10.2 Å². The van der Waals surface area contributed by atoms with E-state index in [0.29, 0.717) is 0 Å². The van der Waals surface area contributed by atoms with Crippen molar-refractivity contribution in [3.05, 3.63) is 66.6 Å². The Kier molecular flexibility index (Phi) is 4.26. The molecule has 7 heteroatoms. The predicted molar refractivity (Wildman–Crippen MR) is 84.3 cm³/mol. The third kappa shape index (κ3) is 3.71. The SMILES string of the molecule is N#C/C(=C\Nc1ccc(Oc2ccccc2)cc1)c1nn[nH]n1. The highest BCUT2D eigenvalue weighted by Crippen LogP contribution is 2.22. The monoisotopic (exact) mass is 304 g/mol. The van der Waals surface area contributed by atoms with E-state index in [1.54, 1.807) is 0 Å². The lowest BCUT2D eigenvalue weighted by atomic mass is 10.2. The van der Waals surface area contributed by atoms with Gasteiger partial charge in [-0.25, -0.2) is 0 Å². The smallest absolute Gasteiger partial charge is 0.216 e. The van der Waals surface area contributed by atoms with Crippen LogP contribution in [-0.4, -0.2) is 20.6 Å². The maximum atomic E-state index is 9.08. The molecule has 0 spiro atoms. The van der Waals surface area contributed by atoms with Crippen LogP contribution in [0.15, 0.2) is 60.8 Å². The van der Waals surface area contributed by atoms with E-state index in [4.69, 9.17) is 10.00 Å². The fourth-order valence-electron chi connectivity index (χ4n) is 1.82. The minimum atomic E-state index is 0.240. The number of rotatable bonds is 5. The highest BCUT2D eigenvalue weighted by molar-refractivity contribution is 5.74. The van der Waals surface area contributed by atoms with Gasteiger partial charge in [-0.2, -0.15) is 10.5 Å². The number of hydrogen-bond acceptors (Lipinski definition) is 6. The number of nitriles is 1. The number of nitrogens with one attached hydrogen (secondary N) is 2. The van der Waals surface area contributed by atoms with Gasteiger partial charge in [-0.05, 0) is 41.6 Å². The van der Waals surface area contributed by atoms with Gasteiger partial charge < -0.3 is 10.1 Å². The van der Waals surface area contributed by atoms with Crippen LogP contribution < -0.4 is 10.1 Å². The Balaban J connectivity index is 1.67. The van der Waals surface area contributed by atoms with Crippen LogP contribution in [0.1, 0.15) is 5.82 Å². The van der Waals surface area contributed by atoms with Crippen molar-refractivity contribution in [2.24, 2.45) is 0 Å². The summed E-state index contributed by atoms with van der Waals surface area (Å²) in [6.07, 6.45) is 1.53. The first-order valence-electron chi connectivity index (χ1n) is 6.79. The first-order valence-corrected chi connectivity index (χ1v) is 6.79. The number of hydrogen-bond donors (Lipinski definition) is 2. The molecule has 0 amide bonds. The van der Waals surface area contributed by atoms with Crippen molar-refractivity contribution in [1.29, 1.82) is 5.26 Å². The highest BCUT2D eigenvalue weighted by Gasteiger charge is 2.05. The second-order valence-corrected chi connectivity index (χ2v) is 4.49. The summed E-state index contributed by atoms with van der Waals surface area (Å²) in [5.41, 5.74) is 1.09. The Morgan fingerprint density at radius 1 is 1.09 bits per heavy atom. The molecule has 0 aliphatic heterocycles. The van der Waals surface area contributed by atoms with Crippen LogP contribution in [0, 0.1) is 11.3 Å². The topological polar surface area (TPSA) is 99.5 Å². The van der Waals surface area contributed by atoms with Crippen LogP contribution in [0.2, 0.25) is 0 Å². The average molecular weight is 304 g/mol. The average Bonchev–Trinajstić information content (AvgIpc) is 3.12. The number of aromatic amines is 1. The minimum Gasteiger partial charge on any atom is -0.457 e. The number of aromatic nitrogens is 4. The Morgan fingerprint density at radius 2 is 1.83 bits per heavy atom. The molecule has 0 atom stereocenters. The van der Waals surface area contributed by atoms with Crippen LogP contribution in [0.5, 0.6) is 11.5 Å². The van der Waals surface area contributed by atoms with Crippen molar-refractivity contribution >= 4 is 11.3 Å². The molecule has 2 aromatic carbocycles. The van der Waals surface area contributed by atoms with Gasteiger partial charge in [0.1, 0.15) is 23.1 Å². The number of para-hydroxylation sites is 1. The molecule has 7 nitrogen and oxygen atoms in total. The van der Waals surface area contributed by atoms with Gasteiger partial charge in [0.2, 0.25) is 5.82 Å². The van der Waals surface area contributed by atoms with E-state index in [1.165, 1.54) is 6.20 Å². The molecule has 2 N–H and O–H groups in total. The summed E-state index contributed by atoms with van der Waals surface area (Å²) in [5.74, 6) is 1.74. The Morgan fingerprint density at radius 3 is 2.48 bits per heavy atom. The molecule has 1 heterocycles. The molecule has 0 aliphatic rings. The number of benzene rings is 2. The van der Waals surface area contributed by atoms with Crippen molar-refractivity contribution in [3.63, 3.8) is 0 Å². The van der Waals surface area contributed by atoms with E-state index in [9.17, 15) is 0 Å². The Labute approximate surface area is 132 Å². The molecule has 23 heavy (non-hydrogen) atoms. The summed E-state index contributed by atoms with van der Waals surface area (Å²) in [5, 5.41) is 25.4. The van der Waals surface area contributed by atoms with Crippen molar-refractivity contribution in [2.45, 2.75) is 0 Å². The van der Waals surface area contributed by atoms with Crippen molar-refractivity contribution in [3.8, 4) is 17.6 Å². The van der Waals surface area contributed by atoms with Crippen molar-refractivity contribution in [2.75, 3.05) is 5.32 Å². The van der Waals surface area contributed by atoms with Crippen LogP contribution >= 0.6 is 0 Å². The standard InChI is InChI=1S/C16H12N6O/c17-10-12(16-19-21-22-20-16)11-18-13-6-8-15(9-7-13)23-14-4-2-1-3-5-14/h1-9,11,18H,(H,19,20,21,22)/b12-11+. The van der Waals surface area contributed by atoms with Crippen molar-refractivity contribution in [1.82, 2.24) is 20.6 Å². The third-order valence-corrected chi connectivity index (χ3v) is 2.92. The maximum absolute atomic E-state index is 9.08.